The van der Waals surface area contributed by atoms with Gasteiger partial charge in [-0.25, -0.2) is 9.97 Å². The molecule has 6 nitrogen and oxygen atoms in total. The summed E-state index contributed by atoms with van der Waals surface area (Å²) in [6, 6.07) is 8.53. The summed E-state index contributed by atoms with van der Waals surface area (Å²) in [7, 11) is 2.07. The van der Waals surface area contributed by atoms with Crippen LogP contribution in [0.4, 0.5) is 11.8 Å². The van der Waals surface area contributed by atoms with Crippen molar-refractivity contribution < 1.29 is 4.42 Å². The second-order valence-electron chi connectivity index (χ2n) is 6.13. The topological polar surface area (TPSA) is 58.3 Å². The summed E-state index contributed by atoms with van der Waals surface area (Å²) in [6.07, 6.45) is 2.64. The number of nitrogens with zero attached hydrogens (tertiary/aromatic N) is 5. The smallest absolute Gasteiger partial charge is 0.298 e. The molecule has 3 aromatic rings. The predicted octanol–water partition coefficient (Wildman–Crippen LogP) is 3.29. The molecule has 1 aliphatic rings. The first kappa shape index (κ1) is 15.2. The Morgan fingerprint density at radius 2 is 2.17 bits per heavy atom. The van der Waals surface area contributed by atoms with E-state index in [9.17, 15) is 0 Å². The zero-order chi connectivity index (χ0) is 16.7. The summed E-state index contributed by atoms with van der Waals surface area (Å²) in [5.41, 5.74) is 2.52. The Morgan fingerprint density at radius 1 is 1.29 bits per heavy atom. The van der Waals surface area contributed by atoms with E-state index in [4.69, 9.17) is 16.0 Å². The average Bonchev–Trinajstić information content (AvgIpc) is 3.20. The Labute approximate surface area is 145 Å². The van der Waals surface area contributed by atoms with Gasteiger partial charge in [-0.1, -0.05) is 11.6 Å². The molecule has 0 aliphatic carbocycles. The van der Waals surface area contributed by atoms with Crippen LogP contribution in [0.1, 0.15) is 12.1 Å². The molecule has 124 valence electrons. The minimum atomic E-state index is 0.359. The minimum absolute atomic E-state index is 0.359. The first-order valence-electron chi connectivity index (χ1n) is 7.93. The Morgan fingerprint density at radius 3 is 3.00 bits per heavy atom. The van der Waals surface area contributed by atoms with E-state index in [2.05, 4.69) is 31.8 Å². The Balaban J connectivity index is 1.53. The summed E-state index contributed by atoms with van der Waals surface area (Å²) in [5.74, 6) is 0.943. The standard InChI is InChI=1S/C17H18ClN5O/c1-11-7-16(20-10-19-11)22(2)13-5-6-23(9-13)17-21-14-4-3-12(18)8-15(14)24-17/h3-4,7-8,10,13H,5-6,9H2,1-2H3. The number of hydrogen-bond donors (Lipinski definition) is 0. The highest BCUT2D eigenvalue weighted by molar-refractivity contribution is 6.31. The van der Waals surface area contributed by atoms with Crippen molar-refractivity contribution in [2.45, 2.75) is 19.4 Å². The Kier molecular flexibility index (Phi) is 3.76. The second-order valence-corrected chi connectivity index (χ2v) is 6.56. The maximum atomic E-state index is 6.01. The van der Waals surface area contributed by atoms with E-state index in [0.29, 0.717) is 17.1 Å². The number of benzene rings is 1. The van der Waals surface area contributed by atoms with Gasteiger partial charge in [-0.2, -0.15) is 4.98 Å². The van der Waals surface area contributed by atoms with E-state index < -0.39 is 0 Å². The van der Waals surface area contributed by atoms with E-state index in [0.717, 1.165) is 42.1 Å². The van der Waals surface area contributed by atoms with E-state index in [1.807, 2.05) is 25.1 Å². The number of aromatic nitrogens is 3. The number of rotatable bonds is 3. The number of likely N-dealkylation sites (N-methyl/N-ethyl adjacent to an activating group) is 1. The average molecular weight is 344 g/mol. The Hall–Kier alpha value is -2.34. The lowest BCUT2D eigenvalue weighted by atomic mass is 10.2. The summed E-state index contributed by atoms with van der Waals surface area (Å²) in [5, 5.41) is 0.656. The van der Waals surface area contributed by atoms with Crippen LogP contribution < -0.4 is 9.80 Å². The maximum Gasteiger partial charge on any atom is 0.298 e. The number of hydrogen-bond acceptors (Lipinski definition) is 6. The molecule has 0 bridgehead atoms. The van der Waals surface area contributed by atoms with Crippen molar-refractivity contribution >= 4 is 34.5 Å². The zero-order valence-electron chi connectivity index (χ0n) is 13.6. The molecule has 1 aromatic carbocycles. The lowest BCUT2D eigenvalue weighted by Gasteiger charge is -2.25. The first-order chi connectivity index (χ1) is 11.6. The van der Waals surface area contributed by atoms with E-state index in [1.165, 1.54) is 0 Å². The molecule has 1 atom stereocenters. The second kappa shape index (κ2) is 5.94. The molecule has 1 saturated heterocycles. The summed E-state index contributed by atoms with van der Waals surface area (Å²) in [4.78, 5) is 17.5. The largest absolute Gasteiger partial charge is 0.423 e. The molecule has 1 aliphatic heterocycles. The molecule has 0 radical (unpaired) electrons. The van der Waals surface area contributed by atoms with Crippen molar-refractivity contribution in [3.05, 3.63) is 41.3 Å². The van der Waals surface area contributed by atoms with Crippen LogP contribution in [-0.4, -0.2) is 41.1 Å². The predicted molar refractivity (Wildman–Crippen MR) is 94.8 cm³/mol. The molecule has 1 fully saturated rings. The first-order valence-corrected chi connectivity index (χ1v) is 8.30. The lowest BCUT2D eigenvalue weighted by molar-refractivity contribution is 0.582. The summed E-state index contributed by atoms with van der Waals surface area (Å²) >= 11 is 6.01. The highest BCUT2D eigenvalue weighted by atomic mass is 35.5. The lowest BCUT2D eigenvalue weighted by Crippen LogP contribution is -2.35. The van der Waals surface area contributed by atoms with Gasteiger partial charge in [0, 0.05) is 49.0 Å². The summed E-state index contributed by atoms with van der Waals surface area (Å²) in [6.45, 7) is 3.73. The SMILES string of the molecule is Cc1cc(N(C)C2CCN(c3nc4ccc(Cl)cc4o3)C2)ncn1. The minimum Gasteiger partial charge on any atom is -0.423 e. The van der Waals surface area contributed by atoms with Crippen molar-refractivity contribution in [2.75, 3.05) is 29.9 Å². The molecule has 1 unspecified atom stereocenters. The van der Waals surface area contributed by atoms with Crippen molar-refractivity contribution in [3.63, 3.8) is 0 Å². The highest BCUT2D eigenvalue weighted by Gasteiger charge is 2.29. The Bertz CT molecular complexity index is 880. The van der Waals surface area contributed by atoms with Gasteiger partial charge in [0.15, 0.2) is 5.58 Å². The third-order valence-electron chi connectivity index (χ3n) is 4.47. The zero-order valence-corrected chi connectivity index (χ0v) is 14.4. The van der Waals surface area contributed by atoms with Crippen LogP contribution in [0.2, 0.25) is 5.02 Å². The monoisotopic (exact) mass is 343 g/mol. The van der Waals surface area contributed by atoms with Crippen LogP contribution in [0.15, 0.2) is 35.0 Å². The van der Waals surface area contributed by atoms with E-state index in [-0.39, 0.29) is 0 Å². The molecule has 7 heteroatoms. The molecule has 24 heavy (non-hydrogen) atoms. The number of oxazole rings is 1. The molecule has 0 saturated carbocycles. The molecular formula is C17H18ClN5O. The van der Waals surface area contributed by atoms with Gasteiger partial charge in [-0.15, -0.1) is 0 Å². The molecule has 2 aromatic heterocycles. The van der Waals surface area contributed by atoms with E-state index in [1.54, 1.807) is 12.4 Å². The van der Waals surface area contributed by atoms with Crippen LogP contribution in [0.25, 0.3) is 11.1 Å². The fourth-order valence-corrected chi connectivity index (χ4v) is 3.24. The fourth-order valence-electron chi connectivity index (χ4n) is 3.07. The maximum absolute atomic E-state index is 6.01. The van der Waals surface area contributed by atoms with Crippen molar-refractivity contribution in [2.24, 2.45) is 0 Å². The molecule has 0 N–H and O–H groups in total. The molecule has 3 heterocycles. The van der Waals surface area contributed by atoms with Gasteiger partial charge in [-0.05, 0) is 25.5 Å². The molecular weight excluding hydrogens is 326 g/mol. The molecule has 0 amide bonds. The molecule has 4 rings (SSSR count). The van der Waals surface area contributed by atoms with Crippen LogP contribution in [-0.2, 0) is 0 Å². The number of aryl methyl sites for hydroxylation is 1. The van der Waals surface area contributed by atoms with Gasteiger partial charge in [0.25, 0.3) is 6.01 Å². The van der Waals surface area contributed by atoms with Crippen LogP contribution in [0.5, 0.6) is 0 Å². The third kappa shape index (κ3) is 2.78. The quantitative estimate of drug-likeness (QED) is 0.727. The highest BCUT2D eigenvalue weighted by Crippen LogP contribution is 2.28. The summed E-state index contributed by atoms with van der Waals surface area (Å²) < 4.78 is 5.87. The van der Waals surface area contributed by atoms with Crippen molar-refractivity contribution in [3.8, 4) is 0 Å². The van der Waals surface area contributed by atoms with Crippen molar-refractivity contribution in [1.82, 2.24) is 15.0 Å². The van der Waals surface area contributed by atoms with Gasteiger partial charge < -0.3 is 14.2 Å². The van der Waals surface area contributed by atoms with E-state index >= 15 is 0 Å². The van der Waals surface area contributed by atoms with Gasteiger partial charge in [0.05, 0.1) is 0 Å². The van der Waals surface area contributed by atoms with Crippen molar-refractivity contribution in [1.29, 1.82) is 0 Å². The number of anilines is 2. The third-order valence-corrected chi connectivity index (χ3v) is 4.71. The fraction of sp³-hybridized carbons (Fsp3) is 0.353. The number of fused-ring (bicyclic) bond motifs is 1. The van der Waals surface area contributed by atoms with Gasteiger partial charge >= 0.3 is 0 Å². The van der Waals surface area contributed by atoms with Gasteiger partial charge in [-0.3, -0.25) is 0 Å². The van der Waals surface area contributed by atoms with Gasteiger partial charge in [0.1, 0.15) is 17.7 Å². The van der Waals surface area contributed by atoms with Crippen LogP contribution in [0, 0.1) is 6.92 Å². The molecule has 0 spiro atoms. The number of halogens is 1. The van der Waals surface area contributed by atoms with Crippen LogP contribution in [0.3, 0.4) is 0 Å². The van der Waals surface area contributed by atoms with Crippen LogP contribution >= 0.6 is 11.6 Å². The normalized spacial score (nSPS) is 17.6. The van der Waals surface area contributed by atoms with Gasteiger partial charge in [0.2, 0.25) is 0 Å².